The number of H-pyrrole nitrogens is 2. The van der Waals surface area contributed by atoms with Gasteiger partial charge in [0.1, 0.15) is 0 Å². The first-order valence-electron chi connectivity index (χ1n) is 8.42. The summed E-state index contributed by atoms with van der Waals surface area (Å²) in [6.45, 7) is 2.06. The van der Waals surface area contributed by atoms with Crippen LogP contribution in [0.2, 0.25) is 0 Å². The Morgan fingerprint density at radius 3 is 2.58 bits per heavy atom. The Morgan fingerprint density at radius 1 is 1.08 bits per heavy atom. The van der Waals surface area contributed by atoms with Gasteiger partial charge in [-0.2, -0.15) is 0 Å². The largest absolute Gasteiger partial charge is 0.417 e. The summed E-state index contributed by atoms with van der Waals surface area (Å²) in [5.41, 5.74) is 2.50. The lowest BCUT2D eigenvalue weighted by Crippen LogP contribution is -2.50. The first kappa shape index (κ1) is 16.2. The summed E-state index contributed by atoms with van der Waals surface area (Å²) in [7, 11) is 0. The van der Waals surface area contributed by atoms with Crippen molar-refractivity contribution in [1.29, 1.82) is 0 Å². The zero-order valence-electron chi connectivity index (χ0n) is 14.0. The van der Waals surface area contributed by atoms with Crippen molar-refractivity contribution in [3.63, 3.8) is 0 Å². The Morgan fingerprint density at radius 2 is 1.85 bits per heavy atom. The molecule has 1 fully saturated rings. The molecule has 3 heterocycles. The number of rotatable bonds is 3. The quantitative estimate of drug-likeness (QED) is 0.732. The molecule has 2 N–H and O–H groups in total. The number of fused-ring (bicyclic) bond motifs is 1. The van der Waals surface area contributed by atoms with E-state index in [4.69, 9.17) is 4.42 Å². The standard InChI is InChI=1S/C18H18N4O4/c23-16(10-12-1-2-15-14(9-12)20-18(25)26-15)21-5-7-22(8-6-21)17(24)13-3-4-19-11-13/h1-4,9,11,19H,5-8,10H2,(H,20,25). The van der Waals surface area contributed by atoms with E-state index < -0.39 is 5.76 Å². The van der Waals surface area contributed by atoms with Crippen molar-refractivity contribution in [2.45, 2.75) is 6.42 Å². The Bertz CT molecular complexity index is 994. The van der Waals surface area contributed by atoms with Gasteiger partial charge in [-0.25, -0.2) is 4.79 Å². The first-order chi connectivity index (χ1) is 12.6. The monoisotopic (exact) mass is 354 g/mol. The third-order valence-electron chi connectivity index (χ3n) is 4.60. The number of nitrogens with zero attached hydrogens (tertiary/aromatic N) is 2. The van der Waals surface area contributed by atoms with Crippen LogP contribution in [0.3, 0.4) is 0 Å². The molecule has 1 aliphatic heterocycles. The van der Waals surface area contributed by atoms with Crippen molar-refractivity contribution in [2.75, 3.05) is 26.2 Å². The van der Waals surface area contributed by atoms with E-state index >= 15 is 0 Å². The molecule has 0 aliphatic carbocycles. The summed E-state index contributed by atoms with van der Waals surface area (Å²) >= 11 is 0. The number of carbonyl (C=O) groups is 2. The van der Waals surface area contributed by atoms with Gasteiger partial charge in [0.25, 0.3) is 5.91 Å². The fourth-order valence-electron chi connectivity index (χ4n) is 3.19. The Kier molecular flexibility index (Phi) is 4.08. The Hall–Kier alpha value is -3.29. The van der Waals surface area contributed by atoms with Gasteiger partial charge in [0, 0.05) is 38.6 Å². The van der Waals surface area contributed by atoms with Crippen molar-refractivity contribution in [3.8, 4) is 0 Å². The normalized spacial score (nSPS) is 14.8. The van der Waals surface area contributed by atoms with E-state index in [-0.39, 0.29) is 18.2 Å². The molecule has 1 aromatic carbocycles. The highest BCUT2D eigenvalue weighted by Gasteiger charge is 2.25. The number of piperazine rings is 1. The van der Waals surface area contributed by atoms with Gasteiger partial charge in [-0.15, -0.1) is 0 Å². The molecule has 2 amide bonds. The fourth-order valence-corrected chi connectivity index (χ4v) is 3.19. The molecular formula is C18H18N4O4. The van der Waals surface area contributed by atoms with Gasteiger partial charge >= 0.3 is 5.76 Å². The minimum atomic E-state index is -0.508. The number of carbonyl (C=O) groups excluding carboxylic acids is 2. The van der Waals surface area contributed by atoms with Crippen LogP contribution in [0.25, 0.3) is 11.1 Å². The maximum absolute atomic E-state index is 12.5. The molecule has 4 rings (SSSR count). The molecule has 8 nitrogen and oxygen atoms in total. The third kappa shape index (κ3) is 3.13. The number of nitrogens with one attached hydrogen (secondary N) is 2. The highest BCUT2D eigenvalue weighted by atomic mass is 16.4. The molecular weight excluding hydrogens is 336 g/mol. The van der Waals surface area contributed by atoms with Crippen molar-refractivity contribution in [3.05, 3.63) is 58.3 Å². The van der Waals surface area contributed by atoms with E-state index in [1.807, 2.05) is 0 Å². The molecule has 1 aliphatic rings. The topological polar surface area (TPSA) is 102 Å². The van der Waals surface area contributed by atoms with Crippen LogP contribution >= 0.6 is 0 Å². The number of aromatic nitrogens is 2. The molecule has 0 radical (unpaired) electrons. The average Bonchev–Trinajstić information content (AvgIpc) is 3.29. The number of aromatic amines is 2. The van der Waals surface area contributed by atoms with E-state index in [0.717, 1.165) is 5.56 Å². The van der Waals surface area contributed by atoms with E-state index in [0.29, 0.717) is 42.8 Å². The van der Waals surface area contributed by atoms with Gasteiger partial charge in [0.15, 0.2) is 5.58 Å². The van der Waals surface area contributed by atoms with Gasteiger partial charge in [-0.05, 0) is 23.8 Å². The first-order valence-corrected chi connectivity index (χ1v) is 8.42. The second kappa shape index (κ2) is 6.55. The molecule has 2 aromatic heterocycles. The number of amides is 2. The second-order valence-corrected chi connectivity index (χ2v) is 6.29. The van der Waals surface area contributed by atoms with Crippen LogP contribution in [0.1, 0.15) is 15.9 Å². The fraction of sp³-hybridized carbons (Fsp3) is 0.278. The third-order valence-corrected chi connectivity index (χ3v) is 4.60. The van der Waals surface area contributed by atoms with Gasteiger partial charge in [0.05, 0.1) is 17.5 Å². The minimum Gasteiger partial charge on any atom is -0.408 e. The van der Waals surface area contributed by atoms with Crippen molar-refractivity contribution < 1.29 is 14.0 Å². The Balaban J connectivity index is 1.37. The molecule has 0 bridgehead atoms. The van der Waals surface area contributed by atoms with Crippen molar-refractivity contribution in [1.82, 2.24) is 19.8 Å². The predicted molar refractivity (Wildman–Crippen MR) is 93.8 cm³/mol. The lowest BCUT2D eigenvalue weighted by molar-refractivity contribution is -0.131. The SMILES string of the molecule is O=C(Cc1ccc2oc(=O)[nH]c2c1)N1CCN(C(=O)c2cc[nH]c2)CC1. The summed E-state index contributed by atoms with van der Waals surface area (Å²) in [5.74, 6) is -0.525. The number of hydrogen-bond acceptors (Lipinski definition) is 4. The van der Waals surface area contributed by atoms with Crippen LogP contribution in [-0.4, -0.2) is 57.8 Å². The number of oxazole rings is 1. The van der Waals surface area contributed by atoms with Gasteiger partial charge < -0.3 is 19.2 Å². The van der Waals surface area contributed by atoms with E-state index in [9.17, 15) is 14.4 Å². The van der Waals surface area contributed by atoms with Crippen LogP contribution in [0.4, 0.5) is 0 Å². The maximum atomic E-state index is 12.5. The molecule has 0 atom stereocenters. The van der Waals surface area contributed by atoms with Crippen LogP contribution in [0, 0.1) is 0 Å². The molecule has 0 spiro atoms. The van der Waals surface area contributed by atoms with E-state index in [2.05, 4.69) is 9.97 Å². The van der Waals surface area contributed by atoms with Crippen LogP contribution in [-0.2, 0) is 11.2 Å². The lowest BCUT2D eigenvalue weighted by Gasteiger charge is -2.34. The second-order valence-electron chi connectivity index (χ2n) is 6.29. The summed E-state index contributed by atoms with van der Waals surface area (Å²) in [5, 5.41) is 0. The molecule has 26 heavy (non-hydrogen) atoms. The van der Waals surface area contributed by atoms with Crippen LogP contribution in [0.5, 0.6) is 0 Å². The van der Waals surface area contributed by atoms with Crippen molar-refractivity contribution in [2.24, 2.45) is 0 Å². The van der Waals surface area contributed by atoms with E-state index in [1.165, 1.54) is 0 Å². The predicted octanol–water partition coefficient (Wildman–Crippen LogP) is 0.976. The summed E-state index contributed by atoms with van der Waals surface area (Å²) in [6, 6.07) is 6.96. The molecule has 1 saturated heterocycles. The highest BCUT2D eigenvalue weighted by Crippen LogP contribution is 2.14. The highest BCUT2D eigenvalue weighted by molar-refractivity contribution is 5.94. The summed E-state index contributed by atoms with van der Waals surface area (Å²) in [4.78, 5) is 45.1. The van der Waals surface area contributed by atoms with Crippen LogP contribution < -0.4 is 5.76 Å². The minimum absolute atomic E-state index is 0.00364. The molecule has 134 valence electrons. The van der Waals surface area contributed by atoms with Gasteiger partial charge in [-0.1, -0.05) is 6.07 Å². The summed E-state index contributed by atoms with van der Waals surface area (Å²) < 4.78 is 4.96. The zero-order valence-corrected chi connectivity index (χ0v) is 14.0. The van der Waals surface area contributed by atoms with Gasteiger partial charge in [0.2, 0.25) is 5.91 Å². The van der Waals surface area contributed by atoms with E-state index in [1.54, 1.807) is 46.5 Å². The van der Waals surface area contributed by atoms with Crippen molar-refractivity contribution >= 4 is 22.9 Å². The zero-order chi connectivity index (χ0) is 18.1. The van der Waals surface area contributed by atoms with Crippen LogP contribution in [0.15, 0.2) is 45.9 Å². The molecule has 8 heteroatoms. The maximum Gasteiger partial charge on any atom is 0.417 e. The Labute approximate surface area is 148 Å². The smallest absolute Gasteiger partial charge is 0.408 e. The van der Waals surface area contributed by atoms with Gasteiger partial charge in [-0.3, -0.25) is 14.6 Å². The molecule has 3 aromatic rings. The lowest BCUT2D eigenvalue weighted by atomic mass is 10.1. The number of hydrogen-bond donors (Lipinski definition) is 2. The molecule has 0 saturated carbocycles. The molecule has 0 unspecified atom stereocenters. The average molecular weight is 354 g/mol. The number of benzene rings is 1. The summed E-state index contributed by atoms with van der Waals surface area (Å²) in [6.07, 6.45) is 3.64.